The Morgan fingerprint density at radius 3 is 2.43 bits per heavy atom. The summed E-state index contributed by atoms with van der Waals surface area (Å²) in [6, 6.07) is 13.6. The highest BCUT2D eigenvalue weighted by Crippen LogP contribution is 2.41. The maximum atomic E-state index is 16.5. The maximum Gasteiger partial charge on any atom is 0.262 e. The summed E-state index contributed by atoms with van der Waals surface area (Å²) in [5, 5.41) is 10.3. The van der Waals surface area contributed by atoms with Crippen LogP contribution >= 0.6 is 0 Å². The summed E-state index contributed by atoms with van der Waals surface area (Å²) in [6.45, 7) is 1.79. The van der Waals surface area contributed by atoms with Gasteiger partial charge in [-0.2, -0.15) is 10.2 Å². The number of benzene rings is 3. The summed E-state index contributed by atoms with van der Waals surface area (Å²) >= 11 is 0. The van der Waals surface area contributed by atoms with Crippen molar-refractivity contribution in [1.29, 1.82) is 0 Å². The predicted octanol–water partition coefficient (Wildman–Crippen LogP) is 6.32. The number of hydrogen-bond acceptors (Lipinski definition) is 6. The van der Waals surface area contributed by atoms with Gasteiger partial charge in [-0.1, -0.05) is 0 Å². The first-order valence-electron chi connectivity index (χ1n) is 13.3. The molecule has 2 amide bonds. The number of carbonyl (C=O) groups is 2. The van der Waals surface area contributed by atoms with Gasteiger partial charge < -0.3 is 19.4 Å². The summed E-state index contributed by atoms with van der Waals surface area (Å²) in [7, 11) is 2.91. The van der Waals surface area contributed by atoms with Gasteiger partial charge in [0.2, 0.25) is 0 Å². The molecule has 42 heavy (non-hydrogen) atoms. The van der Waals surface area contributed by atoms with Crippen molar-refractivity contribution in [2.45, 2.75) is 25.8 Å². The normalized spacial score (nSPS) is 12.8. The van der Waals surface area contributed by atoms with Gasteiger partial charge in [-0.15, -0.1) is 0 Å². The fourth-order valence-electron chi connectivity index (χ4n) is 5.20. The van der Waals surface area contributed by atoms with Crippen molar-refractivity contribution in [2.24, 2.45) is 0 Å². The lowest BCUT2D eigenvalue weighted by atomic mass is 9.94. The minimum atomic E-state index is -0.688. The third-order valence-corrected chi connectivity index (χ3v) is 7.40. The third kappa shape index (κ3) is 4.64. The van der Waals surface area contributed by atoms with E-state index in [9.17, 15) is 14.0 Å². The van der Waals surface area contributed by atoms with E-state index in [1.165, 1.54) is 50.8 Å². The molecule has 2 heterocycles. The summed E-state index contributed by atoms with van der Waals surface area (Å²) in [5.74, 6) is -1.54. The number of halogens is 2. The van der Waals surface area contributed by atoms with Gasteiger partial charge in [-0.3, -0.25) is 9.59 Å². The first kappa shape index (κ1) is 27.1. The van der Waals surface area contributed by atoms with E-state index in [0.717, 1.165) is 12.8 Å². The lowest BCUT2D eigenvalue weighted by Gasteiger charge is -2.24. The van der Waals surface area contributed by atoms with Crippen LogP contribution in [0.15, 0.2) is 71.4 Å². The van der Waals surface area contributed by atoms with Crippen molar-refractivity contribution in [1.82, 2.24) is 15.5 Å². The molecule has 3 aromatic carbocycles. The number of rotatable bonds is 7. The number of ether oxygens (including phenoxy) is 1. The number of fused-ring (bicyclic) bond motifs is 1. The molecule has 1 aliphatic carbocycles. The molecule has 6 rings (SSSR count). The average Bonchev–Trinajstić information content (AvgIpc) is 3.76. The Hall–Kier alpha value is -5.12. The van der Waals surface area contributed by atoms with Crippen LogP contribution in [0.5, 0.6) is 5.75 Å². The van der Waals surface area contributed by atoms with E-state index in [1.807, 2.05) is 0 Å². The van der Waals surface area contributed by atoms with Crippen LogP contribution in [0.25, 0.3) is 33.4 Å². The fourth-order valence-corrected chi connectivity index (χ4v) is 5.20. The molecule has 1 fully saturated rings. The Kier molecular flexibility index (Phi) is 6.89. The standard InChI is InChI=1S/C32H26F2N4O4/c1-17-14-26(41-3)24(32(40)38(20-8-9-20)21-12-13-36-37-16-21)15-23(17)22-10-11-25-27(29(22)34)28(31(39)35-2)30(42-25)18-4-6-19(33)7-5-18/h4-7,10-16,20H,8-9H2,1-3H3,(H,35,39). The molecule has 1 N–H and O–H groups in total. The zero-order chi connectivity index (χ0) is 29.5. The molecule has 1 aliphatic rings. The number of carbonyl (C=O) groups excluding carboxylic acids is 2. The Morgan fingerprint density at radius 1 is 1.02 bits per heavy atom. The molecule has 0 atom stereocenters. The van der Waals surface area contributed by atoms with Crippen molar-refractivity contribution in [2.75, 3.05) is 19.1 Å². The molecule has 5 aromatic rings. The van der Waals surface area contributed by atoms with Gasteiger partial charge in [0.1, 0.15) is 28.7 Å². The molecule has 0 bridgehead atoms. The van der Waals surface area contributed by atoms with Gasteiger partial charge in [0, 0.05) is 24.2 Å². The second-order valence-electron chi connectivity index (χ2n) is 10.1. The van der Waals surface area contributed by atoms with Gasteiger partial charge in [0.05, 0.1) is 41.7 Å². The first-order valence-corrected chi connectivity index (χ1v) is 13.3. The highest BCUT2D eigenvalue weighted by molar-refractivity contribution is 6.13. The van der Waals surface area contributed by atoms with Gasteiger partial charge in [0.15, 0.2) is 0 Å². The van der Waals surface area contributed by atoms with Crippen LogP contribution in [0.1, 0.15) is 39.1 Å². The molecule has 0 saturated heterocycles. The number of hydrogen-bond donors (Lipinski definition) is 1. The van der Waals surface area contributed by atoms with Crippen LogP contribution in [-0.4, -0.2) is 42.2 Å². The molecular formula is C32H26F2N4O4. The Labute approximate surface area is 239 Å². The molecule has 0 aliphatic heterocycles. The van der Waals surface area contributed by atoms with Crippen molar-refractivity contribution in [3.63, 3.8) is 0 Å². The van der Waals surface area contributed by atoms with E-state index in [4.69, 9.17) is 9.15 Å². The van der Waals surface area contributed by atoms with E-state index < -0.39 is 17.5 Å². The number of methoxy groups -OCH3 is 1. The van der Waals surface area contributed by atoms with Crippen LogP contribution in [0.4, 0.5) is 14.5 Å². The average molecular weight is 569 g/mol. The quantitative estimate of drug-likeness (QED) is 0.247. The van der Waals surface area contributed by atoms with E-state index in [2.05, 4.69) is 15.5 Å². The fraction of sp³-hybridized carbons (Fsp3) is 0.188. The third-order valence-electron chi connectivity index (χ3n) is 7.40. The van der Waals surface area contributed by atoms with Gasteiger partial charge in [0.25, 0.3) is 11.8 Å². The minimum Gasteiger partial charge on any atom is -0.496 e. The number of nitrogens with one attached hydrogen (secondary N) is 1. The zero-order valence-corrected chi connectivity index (χ0v) is 23.1. The summed E-state index contributed by atoms with van der Waals surface area (Å²) < 4.78 is 41.7. The smallest absolute Gasteiger partial charge is 0.262 e. The van der Waals surface area contributed by atoms with E-state index in [0.29, 0.717) is 28.1 Å². The lowest BCUT2D eigenvalue weighted by molar-refractivity contribution is 0.0961. The van der Waals surface area contributed by atoms with Crippen molar-refractivity contribution in [3.8, 4) is 28.2 Å². The Bertz CT molecular complexity index is 1830. The largest absolute Gasteiger partial charge is 0.496 e. The highest BCUT2D eigenvalue weighted by atomic mass is 19.1. The lowest BCUT2D eigenvalue weighted by Crippen LogP contribution is -2.33. The van der Waals surface area contributed by atoms with E-state index >= 15 is 4.39 Å². The summed E-state index contributed by atoms with van der Waals surface area (Å²) in [4.78, 5) is 28.7. The molecule has 1 saturated carbocycles. The van der Waals surface area contributed by atoms with Crippen molar-refractivity contribution >= 4 is 28.5 Å². The van der Waals surface area contributed by atoms with E-state index in [-0.39, 0.29) is 45.4 Å². The number of amides is 2. The number of nitrogens with zero attached hydrogens (tertiary/aromatic N) is 3. The molecule has 8 nitrogen and oxygen atoms in total. The Morgan fingerprint density at radius 2 is 1.79 bits per heavy atom. The number of aryl methyl sites for hydroxylation is 1. The summed E-state index contributed by atoms with van der Waals surface area (Å²) in [6.07, 6.45) is 4.75. The number of anilines is 1. The molecule has 10 heteroatoms. The first-order chi connectivity index (χ1) is 20.3. The number of furan rings is 1. The van der Waals surface area contributed by atoms with E-state index in [1.54, 1.807) is 42.2 Å². The van der Waals surface area contributed by atoms with Crippen LogP contribution in [0.2, 0.25) is 0 Å². The minimum absolute atomic E-state index is 0.00832. The van der Waals surface area contributed by atoms with Crippen LogP contribution in [0.3, 0.4) is 0 Å². The van der Waals surface area contributed by atoms with Crippen LogP contribution < -0.4 is 15.0 Å². The monoisotopic (exact) mass is 568 g/mol. The highest BCUT2D eigenvalue weighted by Gasteiger charge is 2.36. The SMILES string of the molecule is CNC(=O)c1c(-c2ccc(F)cc2)oc2ccc(-c3cc(C(=O)N(c4ccnnc4)C4CC4)c(OC)cc3C)c(F)c12. The molecule has 0 spiro atoms. The maximum absolute atomic E-state index is 16.5. The zero-order valence-electron chi connectivity index (χ0n) is 23.1. The van der Waals surface area contributed by atoms with Gasteiger partial charge in [-0.25, -0.2) is 8.78 Å². The number of aromatic nitrogens is 2. The van der Waals surface area contributed by atoms with Crippen molar-refractivity contribution in [3.05, 3.63) is 95.3 Å². The molecule has 0 unspecified atom stereocenters. The summed E-state index contributed by atoms with van der Waals surface area (Å²) in [5.41, 5.74) is 2.72. The molecular weight excluding hydrogens is 542 g/mol. The molecule has 0 radical (unpaired) electrons. The van der Waals surface area contributed by atoms with Crippen molar-refractivity contribution < 1.29 is 27.5 Å². The van der Waals surface area contributed by atoms with Crippen LogP contribution in [0, 0.1) is 18.6 Å². The van der Waals surface area contributed by atoms with Crippen LogP contribution in [-0.2, 0) is 0 Å². The van der Waals surface area contributed by atoms with Gasteiger partial charge in [-0.05, 0) is 85.5 Å². The Balaban J connectivity index is 1.52. The topological polar surface area (TPSA) is 97.6 Å². The second kappa shape index (κ2) is 10.7. The predicted molar refractivity (Wildman–Crippen MR) is 154 cm³/mol. The van der Waals surface area contributed by atoms with Gasteiger partial charge >= 0.3 is 0 Å². The molecule has 2 aromatic heterocycles. The second-order valence-corrected chi connectivity index (χ2v) is 10.1. The molecule has 212 valence electrons.